The predicted octanol–water partition coefficient (Wildman–Crippen LogP) is 3.60. The molecule has 0 bridgehead atoms. The van der Waals surface area contributed by atoms with E-state index in [9.17, 15) is 18.9 Å². The first kappa shape index (κ1) is 33.0. The third kappa shape index (κ3) is 9.23. The zero-order valence-electron chi connectivity index (χ0n) is 24.6. The van der Waals surface area contributed by atoms with Crippen molar-refractivity contribution in [2.45, 2.75) is 39.7 Å². The summed E-state index contributed by atoms with van der Waals surface area (Å²) in [4.78, 5) is 51.3. The van der Waals surface area contributed by atoms with Gasteiger partial charge in [-0.1, -0.05) is 43.7 Å². The Balaban J connectivity index is 1.82. The average molecular weight is 606 g/mol. The summed E-state index contributed by atoms with van der Waals surface area (Å²) in [5.74, 6) is -0.748. The van der Waals surface area contributed by atoms with E-state index in [1.807, 2.05) is 25.1 Å². The molecule has 3 rings (SSSR count). The third-order valence-electron chi connectivity index (χ3n) is 6.41. The fourth-order valence-electron chi connectivity index (χ4n) is 4.26. The molecular weight excluding hydrogens is 565 g/mol. The number of ether oxygens (including phenoxy) is 2. The van der Waals surface area contributed by atoms with Gasteiger partial charge in [0.25, 0.3) is 5.91 Å². The first-order chi connectivity index (χ1) is 20.2. The van der Waals surface area contributed by atoms with E-state index in [2.05, 4.69) is 15.3 Å². The number of benzene rings is 1. The summed E-state index contributed by atoms with van der Waals surface area (Å²) in [6.45, 7) is 6.80. The molecule has 14 heteroatoms. The summed E-state index contributed by atoms with van der Waals surface area (Å²) >= 11 is 0. The van der Waals surface area contributed by atoms with Crippen LogP contribution >= 0.6 is 7.60 Å². The van der Waals surface area contributed by atoms with Gasteiger partial charge in [0.15, 0.2) is 5.82 Å². The predicted molar refractivity (Wildman–Crippen MR) is 155 cm³/mol. The minimum atomic E-state index is -3.75. The van der Waals surface area contributed by atoms with Crippen LogP contribution < -0.4 is 10.1 Å². The van der Waals surface area contributed by atoms with Crippen molar-refractivity contribution >= 4 is 25.5 Å². The molecule has 3 amide bonds. The monoisotopic (exact) mass is 605 g/mol. The topological polar surface area (TPSA) is 149 Å². The van der Waals surface area contributed by atoms with Crippen molar-refractivity contribution < 1.29 is 37.5 Å². The summed E-state index contributed by atoms with van der Waals surface area (Å²) in [6.07, 6.45) is 0.873. The number of unbranched alkanes of at least 4 members (excludes halogenated alkanes) is 1. The number of hydrogen-bond donors (Lipinski definition) is 1. The van der Waals surface area contributed by atoms with E-state index in [1.165, 1.54) is 23.0 Å². The molecule has 2 heterocycles. The van der Waals surface area contributed by atoms with Gasteiger partial charge in [-0.05, 0) is 20.3 Å². The van der Waals surface area contributed by atoms with Gasteiger partial charge in [0.05, 0.1) is 33.1 Å². The fraction of sp³-hybridized carbons (Fsp3) is 0.536. The van der Waals surface area contributed by atoms with Crippen LogP contribution in [0.4, 0.5) is 4.79 Å². The summed E-state index contributed by atoms with van der Waals surface area (Å²) < 4.78 is 34.9. The van der Waals surface area contributed by atoms with Crippen LogP contribution in [0.25, 0.3) is 11.4 Å². The van der Waals surface area contributed by atoms with Crippen LogP contribution in [0.1, 0.15) is 44.1 Å². The summed E-state index contributed by atoms with van der Waals surface area (Å²) in [5, 5.41) is 2.69. The van der Waals surface area contributed by atoms with E-state index in [0.717, 1.165) is 12.8 Å². The normalized spacial score (nSPS) is 14.3. The molecule has 1 aromatic heterocycles. The minimum absolute atomic E-state index is 0.0409. The quantitative estimate of drug-likeness (QED) is 0.250. The second-order valence-electron chi connectivity index (χ2n) is 9.42. The summed E-state index contributed by atoms with van der Waals surface area (Å²) in [5.41, 5.74) is 0.627. The van der Waals surface area contributed by atoms with E-state index < -0.39 is 31.5 Å². The first-order valence-corrected chi connectivity index (χ1v) is 15.8. The number of aromatic nitrogens is 2. The number of nitrogens with zero attached hydrogens (tertiary/aromatic N) is 4. The molecule has 1 saturated heterocycles. The van der Waals surface area contributed by atoms with Crippen molar-refractivity contribution in [1.82, 2.24) is 25.1 Å². The lowest BCUT2D eigenvalue weighted by Crippen LogP contribution is -2.57. The van der Waals surface area contributed by atoms with Gasteiger partial charge in [0.2, 0.25) is 11.8 Å². The Kier molecular flexibility index (Phi) is 12.7. The van der Waals surface area contributed by atoms with E-state index in [-0.39, 0.29) is 63.0 Å². The van der Waals surface area contributed by atoms with Crippen molar-refractivity contribution in [3.05, 3.63) is 42.1 Å². The third-order valence-corrected chi connectivity index (χ3v) is 8.53. The highest BCUT2D eigenvalue weighted by Gasteiger charge is 2.37. The standard InChI is InChI=1S/C28H40N5O8P/c1-5-8-18-39-28(36)33-16-14-32(15-17-33)27(35)23(20-42(37,40-6-2)41-7-3)30-26(34)22-19-24(38-4)31-25(29-22)21-12-10-9-11-13-21/h9-13,19,23H,5-8,14-18,20H2,1-4H3,(H,30,34)/t23-/m0/s1. The Morgan fingerprint density at radius 1 is 0.976 bits per heavy atom. The molecule has 0 saturated carbocycles. The fourth-order valence-corrected chi connectivity index (χ4v) is 6.03. The maximum absolute atomic E-state index is 13.7. The molecule has 2 aromatic rings. The first-order valence-electron chi connectivity index (χ1n) is 14.1. The lowest BCUT2D eigenvalue weighted by atomic mass is 10.2. The van der Waals surface area contributed by atoms with Crippen molar-refractivity contribution in [2.24, 2.45) is 0 Å². The van der Waals surface area contributed by atoms with E-state index >= 15 is 0 Å². The van der Waals surface area contributed by atoms with E-state index in [1.54, 1.807) is 26.0 Å². The van der Waals surface area contributed by atoms with Gasteiger partial charge in [0, 0.05) is 37.8 Å². The van der Waals surface area contributed by atoms with E-state index in [4.69, 9.17) is 18.5 Å². The number of piperazine rings is 1. The lowest BCUT2D eigenvalue weighted by Gasteiger charge is -2.36. The number of carbonyl (C=O) groups excluding carboxylic acids is 3. The molecular formula is C28H40N5O8P. The van der Waals surface area contributed by atoms with Crippen LogP contribution in [0.3, 0.4) is 0 Å². The Labute approximate surface area is 246 Å². The van der Waals surface area contributed by atoms with Crippen molar-refractivity contribution in [3.63, 3.8) is 0 Å². The molecule has 0 radical (unpaired) electrons. The molecule has 13 nitrogen and oxygen atoms in total. The minimum Gasteiger partial charge on any atom is -0.481 e. The van der Waals surface area contributed by atoms with E-state index in [0.29, 0.717) is 12.2 Å². The SMILES string of the molecule is CCCCOC(=O)N1CCN(C(=O)[C@H](CP(=O)(OCC)OCC)NC(=O)c2cc(OC)nc(-c3ccccc3)n2)CC1. The molecule has 1 aliphatic rings. The maximum Gasteiger partial charge on any atom is 0.409 e. The molecule has 42 heavy (non-hydrogen) atoms. The van der Waals surface area contributed by atoms with Crippen LogP contribution in [-0.2, 0) is 23.1 Å². The number of carbonyl (C=O) groups is 3. The smallest absolute Gasteiger partial charge is 0.409 e. The molecule has 1 fully saturated rings. The van der Waals surface area contributed by atoms with Crippen LogP contribution in [0.5, 0.6) is 5.88 Å². The Hall–Kier alpha value is -3.54. The number of methoxy groups -OCH3 is 1. The summed E-state index contributed by atoms with van der Waals surface area (Å²) in [6, 6.07) is 9.16. The van der Waals surface area contributed by atoms with Gasteiger partial charge in [-0.25, -0.2) is 9.78 Å². The van der Waals surface area contributed by atoms with Crippen molar-refractivity contribution in [3.8, 4) is 17.3 Å². The van der Waals surface area contributed by atoms with Crippen LogP contribution in [0.15, 0.2) is 36.4 Å². The molecule has 0 spiro atoms. The molecule has 230 valence electrons. The highest BCUT2D eigenvalue weighted by Crippen LogP contribution is 2.48. The van der Waals surface area contributed by atoms with Crippen molar-refractivity contribution in [2.75, 3.05) is 59.3 Å². The highest BCUT2D eigenvalue weighted by molar-refractivity contribution is 7.54. The zero-order valence-corrected chi connectivity index (χ0v) is 25.5. The van der Waals surface area contributed by atoms with Crippen LogP contribution in [0.2, 0.25) is 0 Å². The highest BCUT2D eigenvalue weighted by atomic mass is 31.2. The Morgan fingerprint density at radius 2 is 1.62 bits per heavy atom. The van der Waals surface area contributed by atoms with Gasteiger partial charge < -0.3 is 33.6 Å². The van der Waals surface area contributed by atoms with Crippen molar-refractivity contribution in [1.29, 1.82) is 0 Å². The maximum atomic E-state index is 13.7. The number of amides is 3. The zero-order chi connectivity index (χ0) is 30.5. The van der Waals surface area contributed by atoms with Gasteiger partial charge >= 0.3 is 13.7 Å². The lowest BCUT2D eigenvalue weighted by molar-refractivity contribution is -0.134. The van der Waals surface area contributed by atoms with Gasteiger partial charge in [-0.2, -0.15) is 4.98 Å². The largest absolute Gasteiger partial charge is 0.481 e. The molecule has 0 unspecified atom stereocenters. The number of nitrogens with one attached hydrogen (secondary N) is 1. The number of hydrogen-bond acceptors (Lipinski definition) is 10. The van der Waals surface area contributed by atoms with Crippen LogP contribution in [-0.4, -0.2) is 103 Å². The molecule has 1 atom stereocenters. The second kappa shape index (κ2) is 16.2. The second-order valence-corrected chi connectivity index (χ2v) is 11.5. The van der Waals surface area contributed by atoms with Crippen LogP contribution in [0, 0.1) is 0 Å². The van der Waals surface area contributed by atoms with Gasteiger partial charge in [-0.3, -0.25) is 14.2 Å². The summed E-state index contributed by atoms with van der Waals surface area (Å²) in [7, 11) is -2.33. The Morgan fingerprint density at radius 3 is 2.21 bits per heavy atom. The Bertz CT molecular complexity index is 1230. The molecule has 1 aliphatic heterocycles. The van der Waals surface area contributed by atoms with Gasteiger partial charge in [0.1, 0.15) is 11.7 Å². The molecule has 0 aliphatic carbocycles. The average Bonchev–Trinajstić information content (AvgIpc) is 3.00. The molecule has 1 aromatic carbocycles. The van der Waals surface area contributed by atoms with Gasteiger partial charge in [-0.15, -0.1) is 0 Å². The molecule has 1 N–H and O–H groups in total. The number of rotatable bonds is 14.